The lowest BCUT2D eigenvalue weighted by molar-refractivity contribution is -0.128. The van der Waals surface area contributed by atoms with Crippen molar-refractivity contribution in [1.82, 2.24) is 10.2 Å². The molecule has 2 rings (SSSR count). The van der Waals surface area contributed by atoms with Crippen LogP contribution in [0.25, 0.3) is 0 Å². The lowest BCUT2D eigenvalue weighted by Gasteiger charge is -2.15. The number of rotatable bonds is 4. The van der Waals surface area contributed by atoms with Crippen LogP contribution in [-0.4, -0.2) is 35.8 Å². The van der Waals surface area contributed by atoms with E-state index in [1.807, 2.05) is 30.3 Å². The largest absolute Gasteiger partial charge is 0.352 e. The van der Waals surface area contributed by atoms with Gasteiger partial charge in [-0.2, -0.15) is 0 Å². The summed E-state index contributed by atoms with van der Waals surface area (Å²) in [6, 6.07) is 10.1. The van der Waals surface area contributed by atoms with Crippen LogP contribution >= 0.6 is 0 Å². The molecule has 1 atom stereocenters. The average Bonchev–Trinajstić information content (AvgIpc) is 2.86. The van der Waals surface area contributed by atoms with Gasteiger partial charge in [0, 0.05) is 32.5 Å². The van der Waals surface area contributed by atoms with Crippen LogP contribution in [0.1, 0.15) is 25.3 Å². The second-order valence-corrected chi connectivity index (χ2v) is 5.00. The summed E-state index contributed by atoms with van der Waals surface area (Å²) in [6.45, 7) is 2.96. The van der Waals surface area contributed by atoms with E-state index >= 15 is 0 Å². The van der Waals surface area contributed by atoms with Gasteiger partial charge in [0.05, 0.1) is 0 Å². The first-order chi connectivity index (χ1) is 9.15. The summed E-state index contributed by atoms with van der Waals surface area (Å²) in [4.78, 5) is 24.8. The Bertz CT molecular complexity index is 445. The Kier molecular flexibility index (Phi) is 4.55. The standard InChI is InChI=1S/C15H20N2O2/c1-12(18)17-10-9-14(11-17)16-15(19)8-7-13-5-3-2-4-6-13/h2-6,14H,7-11H2,1H3,(H,16,19). The molecule has 0 radical (unpaired) electrons. The number of aryl methyl sites for hydroxylation is 1. The summed E-state index contributed by atoms with van der Waals surface area (Å²) in [5, 5.41) is 3.00. The smallest absolute Gasteiger partial charge is 0.220 e. The second kappa shape index (κ2) is 6.36. The SMILES string of the molecule is CC(=O)N1CCC(NC(=O)CCc2ccccc2)C1. The van der Waals surface area contributed by atoms with E-state index in [1.165, 1.54) is 5.56 Å². The van der Waals surface area contributed by atoms with Gasteiger partial charge in [0.1, 0.15) is 0 Å². The first-order valence-corrected chi connectivity index (χ1v) is 6.74. The molecule has 0 saturated carbocycles. The van der Waals surface area contributed by atoms with Crippen molar-refractivity contribution < 1.29 is 9.59 Å². The van der Waals surface area contributed by atoms with Crippen LogP contribution in [0.5, 0.6) is 0 Å². The van der Waals surface area contributed by atoms with Crippen LogP contribution in [0.4, 0.5) is 0 Å². The minimum atomic E-state index is 0.0688. The summed E-state index contributed by atoms with van der Waals surface area (Å²) in [5.41, 5.74) is 1.18. The molecule has 1 aliphatic rings. The minimum absolute atomic E-state index is 0.0688. The van der Waals surface area contributed by atoms with Crippen molar-refractivity contribution >= 4 is 11.8 Å². The van der Waals surface area contributed by atoms with E-state index < -0.39 is 0 Å². The summed E-state index contributed by atoms with van der Waals surface area (Å²) in [7, 11) is 0. The molecule has 4 nitrogen and oxygen atoms in total. The van der Waals surface area contributed by atoms with Gasteiger partial charge >= 0.3 is 0 Å². The van der Waals surface area contributed by atoms with Crippen LogP contribution in [0.15, 0.2) is 30.3 Å². The van der Waals surface area contributed by atoms with E-state index in [0.717, 1.165) is 19.4 Å². The Balaban J connectivity index is 1.72. The third-order valence-electron chi connectivity index (χ3n) is 3.48. The molecule has 0 aliphatic carbocycles. The lowest BCUT2D eigenvalue weighted by atomic mass is 10.1. The Labute approximate surface area is 113 Å². The zero-order valence-corrected chi connectivity index (χ0v) is 11.3. The van der Waals surface area contributed by atoms with Crippen molar-refractivity contribution in [2.45, 2.75) is 32.2 Å². The van der Waals surface area contributed by atoms with Crippen LogP contribution in [0.2, 0.25) is 0 Å². The number of carbonyl (C=O) groups excluding carboxylic acids is 2. The average molecular weight is 260 g/mol. The molecule has 19 heavy (non-hydrogen) atoms. The zero-order chi connectivity index (χ0) is 13.7. The van der Waals surface area contributed by atoms with E-state index in [0.29, 0.717) is 13.0 Å². The number of nitrogens with one attached hydrogen (secondary N) is 1. The van der Waals surface area contributed by atoms with Gasteiger partial charge in [-0.3, -0.25) is 9.59 Å². The van der Waals surface area contributed by atoms with Gasteiger partial charge in [-0.05, 0) is 18.4 Å². The highest BCUT2D eigenvalue weighted by Gasteiger charge is 2.24. The predicted octanol–water partition coefficient (Wildman–Crippen LogP) is 1.36. The molecule has 0 aromatic heterocycles. The highest BCUT2D eigenvalue weighted by molar-refractivity contribution is 5.77. The fourth-order valence-corrected chi connectivity index (χ4v) is 2.37. The number of nitrogens with zero attached hydrogens (tertiary/aromatic N) is 1. The summed E-state index contributed by atoms with van der Waals surface area (Å²) >= 11 is 0. The molecule has 2 amide bonds. The Morgan fingerprint density at radius 3 is 2.68 bits per heavy atom. The van der Waals surface area contributed by atoms with Gasteiger partial charge < -0.3 is 10.2 Å². The molecule has 1 unspecified atom stereocenters. The van der Waals surface area contributed by atoms with Gasteiger partial charge in [-0.25, -0.2) is 0 Å². The Morgan fingerprint density at radius 1 is 1.32 bits per heavy atom. The Morgan fingerprint density at radius 2 is 2.05 bits per heavy atom. The molecule has 1 saturated heterocycles. The second-order valence-electron chi connectivity index (χ2n) is 5.00. The summed E-state index contributed by atoms with van der Waals surface area (Å²) < 4.78 is 0. The van der Waals surface area contributed by atoms with Crippen LogP contribution in [0, 0.1) is 0 Å². The van der Waals surface area contributed by atoms with Gasteiger partial charge in [-0.15, -0.1) is 0 Å². The number of likely N-dealkylation sites (tertiary alicyclic amines) is 1. The molecule has 1 aromatic carbocycles. The first-order valence-electron chi connectivity index (χ1n) is 6.74. The quantitative estimate of drug-likeness (QED) is 0.888. The molecule has 102 valence electrons. The molecule has 1 aliphatic heterocycles. The molecule has 1 heterocycles. The predicted molar refractivity (Wildman–Crippen MR) is 73.6 cm³/mol. The topological polar surface area (TPSA) is 49.4 Å². The van der Waals surface area contributed by atoms with Crippen molar-refractivity contribution in [3.63, 3.8) is 0 Å². The van der Waals surface area contributed by atoms with Crippen molar-refractivity contribution in [1.29, 1.82) is 0 Å². The van der Waals surface area contributed by atoms with Crippen LogP contribution in [0.3, 0.4) is 0 Å². The van der Waals surface area contributed by atoms with E-state index in [2.05, 4.69) is 5.32 Å². The molecule has 1 N–H and O–H groups in total. The van der Waals surface area contributed by atoms with Crippen LogP contribution in [-0.2, 0) is 16.0 Å². The summed E-state index contributed by atoms with van der Waals surface area (Å²) in [6.07, 6.45) is 2.12. The first kappa shape index (κ1) is 13.6. The number of amides is 2. The van der Waals surface area contributed by atoms with Gasteiger partial charge in [-0.1, -0.05) is 30.3 Å². The molecular formula is C15H20N2O2. The van der Waals surface area contributed by atoms with Crippen molar-refractivity contribution in [3.05, 3.63) is 35.9 Å². The number of benzene rings is 1. The number of hydrogen-bond acceptors (Lipinski definition) is 2. The minimum Gasteiger partial charge on any atom is -0.352 e. The van der Waals surface area contributed by atoms with Crippen molar-refractivity contribution in [2.24, 2.45) is 0 Å². The van der Waals surface area contributed by atoms with E-state index in [9.17, 15) is 9.59 Å². The zero-order valence-electron chi connectivity index (χ0n) is 11.3. The third kappa shape index (κ3) is 4.09. The third-order valence-corrected chi connectivity index (χ3v) is 3.48. The molecule has 4 heteroatoms. The molecular weight excluding hydrogens is 240 g/mol. The molecule has 0 spiro atoms. The molecule has 0 bridgehead atoms. The number of hydrogen-bond donors (Lipinski definition) is 1. The van der Waals surface area contributed by atoms with Crippen molar-refractivity contribution in [3.8, 4) is 0 Å². The normalized spacial score (nSPS) is 18.4. The fraction of sp³-hybridized carbons (Fsp3) is 0.467. The number of carbonyl (C=O) groups is 2. The molecule has 1 fully saturated rings. The van der Waals surface area contributed by atoms with Gasteiger partial charge in [0.25, 0.3) is 0 Å². The highest BCUT2D eigenvalue weighted by atomic mass is 16.2. The van der Waals surface area contributed by atoms with Gasteiger partial charge in [0.15, 0.2) is 0 Å². The van der Waals surface area contributed by atoms with Crippen LogP contribution < -0.4 is 5.32 Å². The fourth-order valence-electron chi connectivity index (χ4n) is 2.37. The molecule has 1 aromatic rings. The maximum absolute atomic E-state index is 11.8. The maximum Gasteiger partial charge on any atom is 0.220 e. The van der Waals surface area contributed by atoms with E-state index in [4.69, 9.17) is 0 Å². The van der Waals surface area contributed by atoms with Gasteiger partial charge in [0.2, 0.25) is 11.8 Å². The summed E-state index contributed by atoms with van der Waals surface area (Å²) in [5.74, 6) is 0.153. The monoisotopic (exact) mass is 260 g/mol. The van der Waals surface area contributed by atoms with E-state index in [1.54, 1.807) is 11.8 Å². The van der Waals surface area contributed by atoms with Crippen molar-refractivity contribution in [2.75, 3.05) is 13.1 Å². The maximum atomic E-state index is 11.8. The highest BCUT2D eigenvalue weighted by Crippen LogP contribution is 2.09. The lowest BCUT2D eigenvalue weighted by Crippen LogP contribution is -2.38. The van der Waals surface area contributed by atoms with E-state index in [-0.39, 0.29) is 17.9 Å². The Hall–Kier alpha value is -1.84.